The fourth-order valence-corrected chi connectivity index (χ4v) is 0.502. The minimum absolute atomic E-state index is 0.447. The van der Waals surface area contributed by atoms with E-state index in [2.05, 4.69) is 0 Å². The second-order valence-electron chi connectivity index (χ2n) is 1.48. The highest BCUT2D eigenvalue weighted by Crippen LogP contribution is 2.05. The highest BCUT2D eigenvalue weighted by Gasteiger charge is 1.83. The maximum absolute atomic E-state index is 8.69. The van der Waals surface area contributed by atoms with Gasteiger partial charge in [-0.15, -0.1) is 6.08 Å². The Morgan fingerprint density at radius 1 is 1.71 bits per heavy atom. The Labute approximate surface area is 43.0 Å². The van der Waals surface area contributed by atoms with Crippen LogP contribution in [0.1, 0.15) is 6.42 Å². The number of hydrogen-bond donors (Lipinski definition) is 1. The monoisotopic (exact) mass is 95.1 g/mol. The molecule has 1 N–H and O–H groups in total. The van der Waals surface area contributed by atoms with E-state index in [1.165, 1.54) is 0 Å². The SMILES string of the molecule is OC1=CC=C[CH-]C1. The molecule has 0 aromatic carbocycles. The van der Waals surface area contributed by atoms with Crippen LogP contribution in [0.4, 0.5) is 0 Å². The Morgan fingerprint density at radius 2 is 2.57 bits per heavy atom. The summed E-state index contributed by atoms with van der Waals surface area (Å²) in [6, 6.07) is 0. The zero-order chi connectivity index (χ0) is 5.11. The molecule has 0 amide bonds. The van der Waals surface area contributed by atoms with Crippen LogP contribution in [0.3, 0.4) is 0 Å². The predicted molar refractivity (Wildman–Crippen MR) is 28.8 cm³/mol. The summed E-state index contributed by atoms with van der Waals surface area (Å²) in [5, 5.41) is 8.69. The zero-order valence-electron chi connectivity index (χ0n) is 3.96. The third-order valence-corrected chi connectivity index (χ3v) is 0.863. The number of aliphatic hydroxyl groups excluding tert-OH is 1. The summed E-state index contributed by atoms with van der Waals surface area (Å²) in [5.74, 6) is 0.447. The minimum atomic E-state index is 0.447. The molecule has 0 spiro atoms. The molecule has 0 bridgehead atoms. The van der Waals surface area contributed by atoms with Gasteiger partial charge in [-0.05, 0) is 6.42 Å². The van der Waals surface area contributed by atoms with Crippen molar-refractivity contribution < 1.29 is 5.11 Å². The van der Waals surface area contributed by atoms with Crippen LogP contribution in [-0.4, -0.2) is 5.11 Å². The molecular weight excluding hydrogens is 88.1 g/mol. The van der Waals surface area contributed by atoms with Gasteiger partial charge < -0.3 is 5.11 Å². The molecule has 0 radical (unpaired) electrons. The predicted octanol–water partition coefficient (Wildman–Crippen LogP) is 1.59. The van der Waals surface area contributed by atoms with Crippen LogP contribution in [0.2, 0.25) is 0 Å². The largest absolute Gasteiger partial charge is 0.515 e. The third kappa shape index (κ3) is 1.000. The highest BCUT2D eigenvalue weighted by molar-refractivity contribution is 5.18. The van der Waals surface area contributed by atoms with Crippen LogP contribution in [0, 0.1) is 6.42 Å². The standard InChI is InChI=1S/C6H7O/c7-6-4-2-1-3-5-6/h1-4,7H,5H2/q-1. The van der Waals surface area contributed by atoms with Gasteiger partial charge in [-0.25, -0.2) is 18.6 Å². The van der Waals surface area contributed by atoms with Crippen LogP contribution in [0.5, 0.6) is 0 Å². The first-order valence-electron chi connectivity index (χ1n) is 2.27. The molecule has 0 unspecified atom stereocenters. The Balaban J connectivity index is 2.57. The maximum Gasteiger partial charge on any atom is 0.0618 e. The topological polar surface area (TPSA) is 20.2 Å². The van der Waals surface area contributed by atoms with Crippen molar-refractivity contribution in [2.24, 2.45) is 0 Å². The fraction of sp³-hybridized carbons (Fsp3) is 0.167. The van der Waals surface area contributed by atoms with Gasteiger partial charge in [0.2, 0.25) is 0 Å². The lowest BCUT2D eigenvalue weighted by molar-refractivity contribution is 0.397. The van der Waals surface area contributed by atoms with Crippen molar-refractivity contribution in [3.63, 3.8) is 0 Å². The molecule has 0 saturated heterocycles. The molecule has 0 aromatic heterocycles. The van der Waals surface area contributed by atoms with Crippen LogP contribution < -0.4 is 0 Å². The molecule has 1 aliphatic carbocycles. The van der Waals surface area contributed by atoms with Gasteiger partial charge in [0, 0.05) is 0 Å². The Morgan fingerprint density at radius 3 is 2.86 bits per heavy atom. The summed E-state index contributed by atoms with van der Waals surface area (Å²) in [4.78, 5) is 0. The molecule has 0 saturated carbocycles. The zero-order valence-corrected chi connectivity index (χ0v) is 3.96. The van der Waals surface area contributed by atoms with Crippen LogP contribution in [0.15, 0.2) is 24.0 Å². The van der Waals surface area contributed by atoms with Crippen LogP contribution in [0.25, 0.3) is 0 Å². The summed E-state index contributed by atoms with van der Waals surface area (Å²) in [6.45, 7) is 0. The van der Waals surface area contributed by atoms with Gasteiger partial charge in [0.1, 0.15) is 0 Å². The van der Waals surface area contributed by atoms with Gasteiger partial charge in [-0.3, -0.25) is 0 Å². The van der Waals surface area contributed by atoms with Crippen LogP contribution in [-0.2, 0) is 0 Å². The van der Waals surface area contributed by atoms with Crippen molar-refractivity contribution in [2.45, 2.75) is 6.42 Å². The first-order chi connectivity index (χ1) is 3.39. The van der Waals surface area contributed by atoms with Crippen molar-refractivity contribution in [3.8, 4) is 0 Å². The number of rotatable bonds is 0. The van der Waals surface area contributed by atoms with E-state index in [4.69, 9.17) is 5.11 Å². The first kappa shape index (κ1) is 4.31. The van der Waals surface area contributed by atoms with E-state index in [9.17, 15) is 0 Å². The molecule has 1 aliphatic rings. The van der Waals surface area contributed by atoms with E-state index in [-0.39, 0.29) is 0 Å². The lowest BCUT2D eigenvalue weighted by Crippen LogP contribution is -1.83. The Bertz CT molecular complexity index is 111. The lowest BCUT2D eigenvalue weighted by Gasteiger charge is -2.06. The minimum Gasteiger partial charge on any atom is -0.515 e. The van der Waals surface area contributed by atoms with Gasteiger partial charge in [0.25, 0.3) is 0 Å². The van der Waals surface area contributed by atoms with E-state index in [1.807, 2.05) is 18.6 Å². The van der Waals surface area contributed by atoms with Crippen molar-refractivity contribution >= 4 is 0 Å². The average Bonchev–Trinajstić information content (AvgIpc) is 1.69. The van der Waals surface area contributed by atoms with Gasteiger partial charge in [-0.2, -0.15) is 0 Å². The molecule has 0 fully saturated rings. The number of hydrogen-bond acceptors (Lipinski definition) is 1. The van der Waals surface area contributed by atoms with Gasteiger partial charge >= 0.3 is 0 Å². The van der Waals surface area contributed by atoms with E-state index in [0.29, 0.717) is 12.2 Å². The number of allylic oxidation sites excluding steroid dienone is 4. The van der Waals surface area contributed by atoms with E-state index in [1.54, 1.807) is 6.08 Å². The molecule has 1 heteroatoms. The first-order valence-corrected chi connectivity index (χ1v) is 2.27. The fourth-order valence-electron chi connectivity index (χ4n) is 0.502. The maximum atomic E-state index is 8.69. The van der Waals surface area contributed by atoms with E-state index in [0.717, 1.165) is 0 Å². The summed E-state index contributed by atoms with van der Waals surface area (Å²) >= 11 is 0. The van der Waals surface area contributed by atoms with Gasteiger partial charge in [0.15, 0.2) is 0 Å². The summed E-state index contributed by atoms with van der Waals surface area (Å²) < 4.78 is 0. The van der Waals surface area contributed by atoms with Crippen molar-refractivity contribution in [1.82, 2.24) is 0 Å². The van der Waals surface area contributed by atoms with Crippen LogP contribution >= 0.6 is 0 Å². The molecule has 0 aromatic rings. The lowest BCUT2D eigenvalue weighted by atomic mass is 10.2. The van der Waals surface area contributed by atoms with Gasteiger partial charge in [-0.1, -0.05) is 0 Å². The number of aliphatic hydroxyl groups is 1. The van der Waals surface area contributed by atoms with E-state index < -0.39 is 0 Å². The average molecular weight is 95.1 g/mol. The molecule has 0 atom stereocenters. The Hall–Kier alpha value is -0.850. The van der Waals surface area contributed by atoms with E-state index >= 15 is 0 Å². The summed E-state index contributed by atoms with van der Waals surface area (Å²) in [6.07, 6.45) is 8.03. The smallest absolute Gasteiger partial charge is 0.0618 e. The summed E-state index contributed by atoms with van der Waals surface area (Å²) in [7, 11) is 0. The van der Waals surface area contributed by atoms with Crippen molar-refractivity contribution in [2.75, 3.05) is 0 Å². The second kappa shape index (κ2) is 1.73. The molecule has 1 nitrogen and oxygen atoms in total. The molecule has 0 heterocycles. The third-order valence-electron chi connectivity index (χ3n) is 0.863. The Kier molecular flexibility index (Phi) is 1.07. The molecule has 7 heavy (non-hydrogen) atoms. The summed E-state index contributed by atoms with van der Waals surface area (Å²) in [5.41, 5.74) is 0. The molecule has 38 valence electrons. The van der Waals surface area contributed by atoms with Crippen molar-refractivity contribution in [1.29, 1.82) is 0 Å². The second-order valence-corrected chi connectivity index (χ2v) is 1.48. The normalized spacial score (nSPS) is 18.0. The molecule has 1 rings (SSSR count). The molecule has 0 aliphatic heterocycles. The highest BCUT2D eigenvalue weighted by atomic mass is 16.3. The van der Waals surface area contributed by atoms with Crippen molar-refractivity contribution in [3.05, 3.63) is 30.4 Å². The molecular formula is C6H7O-. The van der Waals surface area contributed by atoms with Gasteiger partial charge in [0.05, 0.1) is 5.76 Å². The quantitative estimate of drug-likeness (QED) is 0.453.